The predicted molar refractivity (Wildman–Crippen MR) is 251 cm³/mol. The maximum absolute atomic E-state index is 9.96. The van der Waals surface area contributed by atoms with Crippen molar-refractivity contribution in [2.45, 2.75) is 41.5 Å². The Morgan fingerprint density at radius 1 is 0.450 bits per heavy atom. The molecule has 0 aliphatic carbocycles. The summed E-state index contributed by atoms with van der Waals surface area (Å²) in [5, 5.41) is 14.6. The Labute approximate surface area is 350 Å². The quantitative estimate of drug-likeness (QED) is 0.161. The van der Waals surface area contributed by atoms with Crippen molar-refractivity contribution in [2.24, 2.45) is 0 Å². The minimum Gasteiger partial charge on any atom is -0.308 e. The van der Waals surface area contributed by atoms with Gasteiger partial charge >= 0.3 is 0 Å². The lowest BCUT2D eigenvalue weighted by atomic mass is 9.93. The Bertz CT molecular complexity index is 3480. The van der Waals surface area contributed by atoms with E-state index in [2.05, 4.69) is 183 Å². The van der Waals surface area contributed by atoms with Crippen LogP contribution in [0.4, 0.5) is 5.69 Å². The minimum atomic E-state index is 0.517. The van der Waals surface area contributed by atoms with Crippen LogP contribution < -0.4 is 0 Å². The third kappa shape index (κ3) is 5.72. The van der Waals surface area contributed by atoms with Crippen LogP contribution in [0.5, 0.6) is 0 Å². The maximum atomic E-state index is 9.96. The van der Waals surface area contributed by atoms with Gasteiger partial charge in [-0.05, 0) is 146 Å². The topological polar surface area (TPSA) is 38.0 Å². The van der Waals surface area contributed by atoms with E-state index in [0.29, 0.717) is 11.3 Å². The molecule has 2 heterocycles. The third-order valence-electron chi connectivity index (χ3n) is 12.3. The number of rotatable bonds is 5. The average molecular weight is 771 g/mol. The molecule has 0 N–H and O–H groups in total. The summed E-state index contributed by atoms with van der Waals surface area (Å²) in [5.41, 5.74) is 21.1. The lowest BCUT2D eigenvalue weighted by Crippen LogP contribution is -2.04. The molecule has 10 rings (SSSR count). The summed E-state index contributed by atoms with van der Waals surface area (Å²) in [7, 11) is 0. The summed E-state index contributed by atoms with van der Waals surface area (Å²) in [5.74, 6) is 0. The summed E-state index contributed by atoms with van der Waals surface area (Å²) < 4.78 is 4.76. The van der Waals surface area contributed by atoms with Crippen molar-refractivity contribution in [1.29, 1.82) is 5.26 Å². The van der Waals surface area contributed by atoms with Gasteiger partial charge in [-0.25, -0.2) is 4.85 Å². The normalized spacial score (nSPS) is 11.5. The first kappa shape index (κ1) is 36.7. The molecule has 286 valence electrons. The van der Waals surface area contributed by atoms with E-state index < -0.39 is 0 Å². The lowest BCUT2D eigenvalue weighted by Gasteiger charge is -2.20. The first-order valence-corrected chi connectivity index (χ1v) is 20.4. The van der Waals surface area contributed by atoms with Crippen LogP contribution in [0.25, 0.3) is 93.2 Å². The van der Waals surface area contributed by atoms with E-state index >= 15 is 0 Å². The molecule has 4 nitrogen and oxygen atoms in total. The first-order chi connectivity index (χ1) is 29.1. The van der Waals surface area contributed by atoms with Gasteiger partial charge in [-0.3, -0.25) is 0 Å². The minimum absolute atomic E-state index is 0.517. The molecule has 2 aromatic heterocycles. The van der Waals surface area contributed by atoms with Crippen molar-refractivity contribution in [3.05, 3.63) is 196 Å². The molecule has 0 bridgehead atoms. The van der Waals surface area contributed by atoms with Gasteiger partial charge < -0.3 is 9.13 Å². The summed E-state index contributed by atoms with van der Waals surface area (Å²) in [6, 6.07) is 54.2. The van der Waals surface area contributed by atoms with Crippen LogP contribution >= 0.6 is 0 Å². The first-order valence-electron chi connectivity index (χ1n) is 20.4. The second-order valence-electron chi connectivity index (χ2n) is 16.4. The van der Waals surface area contributed by atoms with Crippen molar-refractivity contribution >= 4 is 49.3 Å². The molecule has 0 atom stereocenters. The highest BCUT2D eigenvalue weighted by atomic mass is 15.1. The fourth-order valence-electron chi connectivity index (χ4n) is 10.0. The maximum Gasteiger partial charge on any atom is 0.197 e. The number of aryl methyl sites for hydroxylation is 6. The molecule has 0 aliphatic heterocycles. The second-order valence-corrected chi connectivity index (χ2v) is 16.4. The molecular formula is C56H42N4. The van der Waals surface area contributed by atoms with Crippen molar-refractivity contribution in [1.82, 2.24) is 9.13 Å². The molecular weight excluding hydrogens is 729 g/mol. The predicted octanol–water partition coefficient (Wildman–Crippen LogP) is 15.2. The Kier molecular flexibility index (Phi) is 8.57. The van der Waals surface area contributed by atoms with E-state index in [9.17, 15) is 5.26 Å². The molecule has 0 radical (unpaired) electrons. The van der Waals surface area contributed by atoms with Crippen molar-refractivity contribution < 1.29 is 0 Å². The number of hydrogen-bond acceptors (Lipinski definition) is 1. The largest absolute Gasteiger partial charge is 0.308 e. The fraction of sp³-hybridized carbons (Fsp3) is 0.107. The highest BCUT2D eigenvalue weighted by Gasteiger charge is 2.23. The van der Waals surface area contributed by atoms with E-state index in [0.717, 1.165) is 77.2 Å². The molecule has 0 unspecified atom stereocenters. The van der Waals surface area contributed by atoms with Gasteiger partial charge in [0.2, 0.25) is 0 Å². The summed E-state index contributed by atoms with van der Waals surface area (Å²) in [4.78, 5) is 4.20. The van der Waals surface area contributed by atoms with E-state index in [4.69, 9.17) is 6.57 Å². The van der Waals surface area contributed by atoms with Gasteiger partial charge in [0.25, 0.3) is 0 Å². The van der Waals surface area contributed by atoms with Gasteiger partial charge in [0, 0.05) is 21.5 Å². The zero-order chi connectivity index (χ0) is 41.4. The molecule has 8 aromatic carbocycles. The summed E-state index contributed by atoms with van der Waals surface area (Å²) in [6.07, 6.45) is 0. The fourth-order valence-corrected chi connectivity index (χ4v) is 10.0. The lowest BCUT2D eigenvalue weighted by molar-refractivity contribution is 1.10. The molecule has 0 spiro atoms. The van der Waals surface area contributed by atoms with Crippen LogP contribution in [-0.4, -0.2) is 9.13 Å². The highest BCUT2D eigenvalue weighted by molar-refractivity contribution is 6.13. The van der Waals surface area contributed by atoms with E-state index in [-0.39, 0.29) is 0 Å². The van der Waals surface area contributed by atoms with Crippen LogP contribution in [-0.2, 0) is 0 Å². The number of nitrogens with zero attached hydrogens (tertiary/aromatic N) is 4. The number of fused-ring (bicyclic) bond motifs is 6. The smallest absolute Gasteiger partial charge is 0.197 e. The number of hydrogen-bond donors (Lipinski definition) is 0. The molecule has 0 fully saturated rings. The highest BCUT2D eigenvalue weighted by Crippen LogP contribution is 2.45. The number of aromatic nitrogens is 2. The summed E-state index contributed by atoms with van der Waals surface area (Å²) >= 11 is 0. The van der Waals surface area contributed by atoms with E-state index in [1.165, 1.54) is 44.5 Å². The molecule has 60 heavy (non-hydrogen) atoms. The van der Waals surface area contributed by atoms with Crippen LogP contribution in [0, 0.1) is 59.4 Å². The van der Waals surface area contributed by atoms with Crippen LogP contribution in [0.3, 0.4) is 0 Å². The number of nitriles is 1. The van der Waals surface area contributed by atoms with Gasteiger partial charge in [-0.15, -0.1) is 0 Å². The van der Waals surface area contributed by atoms with Gasteiger partial charge in [0.15, 0.2) is 5.69 Å². The van der Waals surface area contributed by atoms with Crippen LogP contribution in [0.15, 0.2) is 146 Å². The molecule has 10 aromatic rings. The Balaban J connectivity index is 1.37. The zero-order valence-corrected chi connectivity index (χ0v) is 34.6. The van der Waals surface area contributed by atoms with Gasteiger partial charge in [-0.2, -0.15) is 5.26 Å². The standard InChI is InChI=1S/C56H42N4/c1-33-23-35(3)55(36(4)24-33)41-19-21-45-43-15-8-10-17-49(43)59(51(45)28-41)53-30-47(40-14-12-13-39(27-40)32-57)48(58-7)31-54(53)60-50-18-11-9-16-44(50)46-22-20-42(29-52(46)60)56-37(5)25-34(2)26-38(56)6/h8-31H,1-6H3. The molecule has 0 amide bonds. The van der Waals surface area contributed by atoms with Gasteiger partial charge in [0.1, 0.15) is 0 Å². The van der Waals surface area contributed by atoms with Crippen LogP contribution in [0.1, 0.15) is 38.9 Å². The number of para-hydroxylation sites is 2. The van der Waals surface area contributed by atoms with Crippen molar-refractivity contribution in [3.63, 3.8) is 0 Å². The monoisotopic (exact) mass is 770 g/mol. The average Bonchev–Trinajstić information content (AvgIpc) is 3.74. The van der Waals surface area contributed by atoms with Gasteiger partial charge in [-0.1, -0.05) is 108 Å². The van der Waals surface area contributed by atoms with E-state index in [1.807, 2.05) is 24.3 Å². The molecule has 0 saturated heterocycles. The molecule has 4 heteroatoms. The SMILES string of the molecule is [C-]#[N+]c1cc(-n2c3ccccc3c3ccc(-c4c(C)cc(C)cc4C)cc32)c(-n2c3ccccc3c3ccc(-c4c(C)cc(C)cc4C)cc32)cc1-c1cccc(C#N)c1. The molecule has 0 aliphatic rings. The van der Waals surface area contributed by atoms with Gasteiger partial charge in [0.05, 0.1) is 51.6 Å². The molecule has 0 saturated carbocycles. The summed E-state index contributed by atoms with van der Waals surface area (Å²) in [6.45, 7) is 21.7. The Morgan fingerprint density at radius 3 is 1.40 bits per heavy atom. The Morgan fingerprint density at radius 2 is 0.917 bits per heavy atom. The second kappa shape index (κ2) is 14.0. The third-order valence-corrected chi connectivity index (χ3v) is 12.3. The van der Waals surface area contributed by atoms with Crippen LogP contribution in [0.2, 0.25) is 0 Å². The van der Waals surface area contributed by atoms with Crippen molar-refractivity contribution in [2.75, 3.05) is 0 Å². The van der Waals surface area contributed by atoms with E-state index in [1.54, 1.807) is 0 Å². The number of benzene rings is 8. The zero-order valence-electron chi connectivity index (χ0n) is 34.6. The van der Waals surface area contributed by atoms with Crippen molar-refractivity contribution in [3.8, 4) is 50.8 Å². The Hall–Kier alpha value is -7.66.